The van der Waals surface area contributed by atoms with Gasteiger partial charge in [-0.1, -0.05) is 11.6 Å². The van der Waals surface area contributed by atoms with Crippen molar-refractivity contribution in [1.82, 2.24) is 31.2 Å². The molecule has 0 aromatic carbocycles. The first-order chi connectivity index (χ1) is 11.6. The number of carbonyl (C=O) groups is 2. The molecule has 0 radical (unpaired) electrons. The molecule has 2 heterocycles. The molecule has 8 nitrogen and oxygen atoms in total. The van der Waals surface area contributed by atoms with Crippen LogP contribution in [0.1, 0.15) is 10.5 Å². The first kappa shape index (κ1) is 18.0. The lowest BCUT2D eigenvalue weighted by molar-refractivity contribution is -0.118. The number of carbonyl (C=O) groups excluding carboxylic acids is 2. The zero-order valence-electron chi connectivity index (χ0n) is 13.6. The minimum absolute atomic E-state index is 0.130. The molecular weight excluding hydrogens is 332 g/mol. The summed E-state index contributed by atoms with van der Waals surface area (Å²) < 4.78 is 0. The molecule has 0 saturated carbocycles. The van der Waals surface area contributed by atoms with Crippen molar-refractivity contribution in [3.63, 3.8) is 0 Å². The van der Waals surface area contributed by atoms with E-state index in [-0.39, 0.29) is 18.2 Å². The van der Waals surface area contributed by atoms with Crippen LogP contribution < -0.4 is 21.3 Å². The predicted octanol–water partition coefficient (Wildman–Crippen LogP) is -0.495. The summed E-state index contributed by atoms with van der Waals surface area (Å²) >= 11 is 5.85. The number of ketones is 1. The van der Waals surface area contributed by atoms with Crippen molar-refractivity contribution in [2.75, 3.05) is 40.4 Å². The standard InChI is InChI=1S/C15H21ClN6O2/c1-17-14-13(15(24)18-2)22(9-21-14)6-5-19-8-12(23)11-7-10(16)3-4-20-11/h3-4,7,17,19,21H,5-6,8-9H2,1-2H3,(H,18,24). The third kappa shape index (κ3) is 4.36. The first-order valence-electron chi connectivity index (χ1n) is 7.55. The molecule has 1 aromatic rings. The molecule has 2 rings (SSSR count). The normalized spacial score (nSPS) is 13.7. The monoisotopic (exact) mass is 352 g/mol. The summed E-state index contributed by atoms with van der Waals surface area (Å²) in [6.45, 7) is 1.82. The molecule has 1 aromatic heterocycles. The van der Waals surface area contributed by atoms with E-state index < -0.39 is 0 Å². The maximum absolute atomic E-state index is 12.0. The van der Waals surface area contributed by atoms with Crippen molar-refractivity contribution in [3.8, 4) is 0 Å². The summed E-state index contributed by atoms with van der Waals surface area (Å²) in [6, 6.07) is 3.17. The number of nitrogens with one attached hydrogen (secondary N) is 4. The van der Waals surface area contributed by atoms with Crippen LogP contribution in [-0.2, 0) is 4.79 Å². The third-order valence-corrected chi connectivity index (χ3v) is 3.78. The highest BCUT2D eigenvalue weighted by atomic mass is 35.5. The minimum atomic E-state index is -0.163. The molecule has 130 valence electrons. The highest BCUT2D eigenvalue weighted by Gasteiger charge is 2.26. The van der Waals surface area contributed by atoms with Crippen LogP contribution in [0.2, 0.25) is 5.02 Å². The maximum Gasteiger partial charge on any atom is 0.271 e. The fraction of sp³-hybridized carbons (Fsp3) is 0.400. The van der Waals surface area contributed by atoms with Crippen LogP contribution in [-0.4, -0.2) is 62.0 Å². The molecule has 0 unspecified atom stereocenters. The second-order valence-electron chi connectivity index (χ2n) is 5.11. The Labute approximate surface area is 145 Å². The van der Waals surface area contributed by atoms with Crippen LogP contribution >= 0.6 is 11.6 Å². The van der Waals surface area contributed by atoms with Gasteiger partial charge in [-0.25, -0.2) is 0 Å². The predicted molar refractivity (Wildman–Crippen MR) is 91.3 cm³/mol. The number of hydrogen-bond donors (Lipinski definition) is 4. The molecule has 24 heavy (non-hydrogen) atoms. The van der Waals surface area contributed by atoms with Gasteiger partial charge in [0.05, 0.1) is 13.2 Å². The number of amides is 1. The van der Waals surface area contributed by atoms with Gasteiger partial charge in [0.25, 0.3) is 5.91 Å². The molecule has 1 aliphatic rings. The van der Waals surface area contributed by atoms with Crippen LogP contribution in [0.4, 0.5) is 0 Å². The van der Waals surface area contributed by atoms with Crippen molar-refractivity contribution in [2.45, 2.75) is 0 Å². The number of rotatable bonds is 8. The number of Topliss-reactive ketones (excluding diaryl/α,β-unsaturated/α-hetero) is 1. The van der Waals surface area contributed by atoms with Gasteiger partial charge in [-0.3, -0.25) is 14.6 Å². The van der Waals surface area contributed by atoms with Gasteiger partial charge in [0.15, 0.2) is 5.78 Å². The van der Waals surface area contributed by atoms with Crippen LogP contribution in [0.15, 0.2) is 29.8 Å². The summed E-state index contributed by atoms with van der Waals surface area (Å²) in [5.74, 6) is 0.395. The van der Waals surface area contributed by atoms with Crippen LogP contribution in [0.5, 0.6) is 0 Å². The van der Waals surface area contributed by atoms with E-state index in [1.54, 1.807) is 26.2 Å². The van der Waals surface area contributed by atoms with Gasteiger partial charge in [-0.15, -0.1) is 0 Å². The smallest absolute Gasteiger partial charge is 0.271 e. The molecule has 4 N–H and O–H groups in total. The van der Waals surface area contributed by atoms with Crippen molar-refractivity contribution < 1.29 is 9.59 Å². The largest absolute Gasteiger partial charge is 0.373 e. The number of likely N-dealkylation sites (N-methyl/N-ethyl adjacent to an activating group) is 1. The Morgan fingerprint density at radius 1 is 1.42 bits per heavy atom. The molecule has 0 bridgehead atoms. The Balaban J connectivity index is 1.83. The zero-order chi connectivity index (χ0) is 17.5. The van der Waals surface area contributed by atoms with E-state index in [0.29, 0.717) is 42.0 Å². The van der Waals surface area contributed by atoms with Crippen LogP contribution in [0, 0.1) is 0 Å². The Kier molecular flexibility index (Phi) is 6.39. The van der Waals surface area contributed by atoms with E-state index in [1.165, 1.54) is 6.20 Å². The number of halogens is 1. The zero-order valence-corrected chi connectivity index (χ0v) is 14.4. The summed E-state index contributed by atoms with van der Waals surface area (Å²) in [7, 11) is 3.34. The van der Waals surface area contributed by atoms with Gasteiger partial charge in [-0.05, 0) is 12.1 Å². The second-order valence-corrected chi connectivity index (χ2v) is 5.55. The molecule has 1 aliphatic heterocycles. The molecular formula is C15H21ClN6O2. The number of hydrogen-bond acceptors (Lipinski definition) is 7. The summed E-state index contributed by atoms with van der Waals surface area (Å²) in [5, 5.41) is 12.3. The Morgan fingerprint density at radius 3 is 2.88 bits per heavy atom. The lowest BCUT2D eigenvalue weighted by Gasteiger charge is -2.20. The molecule has 0 spiro atoms. The van der Waals surface area contributed by atoms with Crippen LogP contribution in [0.3, 0.4) is 0 Å². The number of nitrogens with zero attached hydrogens (tertiary/aromatic N) is 2. The van der Waals surface area contributed by atoms with Gasteiger partial charge in [-0.2, -0.15) is 0 Å². The van der Waals surface area contributed by atoms with E-state index in [9.17, 15) is 9.59 Å². The van der Waals surface area contributed by atoms with Crippen molar-refractivity contribution >= 4 is 23.3 Å². The molecule has 9 heteroatoms. The Hall–Kier alpha value is -2.32. The number of pyridine rings is 1. The lowest BCUT2D eigenvalue weighted by Crippen LogP contribution is -2.37. The topological polar surface area (TPSA) is 98.4 Å². The highest BCUT2D eigenvalue weighted by molar-refractivity contribution is 6.30. The molecule has 0 saturated heterocycles. The maximum atomic E-state index is 12.0. The molecule has 0 atom stereocenters. The van der Waals surface area contributed by atoms with E-state index >= 15 is 0 Å². The Bertz CT molecular complexity index is 649. The summed E-state index contributed by atoms with van der Waals surface area (Å²) in [5.41, 5.74) is 0.894. The molecule has 0 fully saturated rings. The fourth-order valence-electron chi connectivity index (χ4n) is 2.33. The van der Waals surface area contributed by atoms with Gasteiger partial charge >= 0.3 is 0 Å². The number of aromatic nitrogens is 1. The van der Waals surface area contributed by atoms with Gasteiger partial charge in [0, 0.05) is 38.4 Å². The van der Waals surface area contributed by atoms with Crippen molar-refractivity contribution in [3.05, 3.63) is 40.6 Å². The Morgan fingerprint density at radius 2 is 2.21 bits per heavy atom. The van der Waals surface area contributed by atoms with Crippen molar-refractivity contribution in [1.29, 1.82) is 0 Å². The van der Waals surface area contributed by atoms with E-state index in [2.05, 4.69) is 26.3 Å². The van der Waals surface area contributed by atoms with E-state index in [0.717, 1.165) is 0 Å². The molecule has 0 aliphatic carbocycles. The fourth-order valence-corrected chi connectivity index (χ4v) is 2.49. The van der Waals surface area contributed by atoms with Gasteiger partial charge in [0.2, 0.25) is 0 Å². The van der Waals surface area contributed by atoms with Gasteiger partial charge < -0.3 is 26.2 Å². The molecule has 1 amide bonds. The van der Waals surface area contributed by atoms with E-state index in [4.69, 9.17) is 11.6 Å². The SMILES string of the molecule is CNC(=O)C1=C(NC)NCN1CCNCC(=O)c1cc(Cl)ccn1. The van der Waals surface area contributed by atoms with Crippen LogP contribution in [0.25, 0.3) is 0 Å². The average Bonchev–Trinajstić information content (AvgIpc) is 3.00. The highest BCUT2D eigenvalue weighted by Crippen LogP contribution is 2.12. The lowest BCUT2D eigenvalue weighted by atomic mass is 10.2. The van der Waals surface area contributed by atoms with Gasteiger partial charge in [0.1, 0.15) is 17.2 Å². The van der Waals surface area contributed by atoms with E-state index in [1.807, 2.05) is 4.90 Å². The van der Waals surface area contributed by atoms with Crippen molar-refractivity contribution in [2.24, 2.45) is 0 Å². The summed E-state index contributed by atoms with van der Waals surface area (Å²) in [4.78, 5) is 29.9. The quantitative estimate of drug-likeness (QED) is 0.370. The average molecular weight is 353 g/mol. The minimum Gasteiger partial charge on any atom is -0.373 e. The third-order valence-electron chi connectivity index (χ3n) is 3.54. The second kappa shape index (κ2) is 8.51. The summed E-state index contributed by atoms with van der Waals surface area (Å²) in [6.07, 6.45) is 1.51. The first-order valence-corrected chi connectivity index (χ1v) is 7.93.